The molecule has 0 aromatic heterocycles. The molecule has 0 fully saturated rings. The molecule has 0 spiro atoms. The van der Waals surface area contributed by atoms with Gasteiger partial charge in [0, 0.05) is 12.5 Å². The molecule has 0 aliphatic heterocycles. The Kier molecular flexibility index (Phi) is 6.72. The van der Waals surface area contributed by atoms with Crippen LogP contribution in [0.3, 0.4) is 0 Å². The lowest BCUT2D eigenvalue weighted by molar-refractivity contribution is -0.123. The second-order valence-electron chi connectivity index (χ2n) is 6.25. The maximum absolute atomic E-state index is 11.7. The quantitative estimate of drug-likeness (QED) is 0.658. The molecule has 0 saturated heterocycles. The Labute approximate surface area is 105 Å². The SMILES string of the molecule is CC(C)CC(CO)NC(=O)CC(N)C(C)(C)C. The largest absolute Gasteiger partial charge is 0.394 e. The van der Waals surface area contributed by atoms with Gasteiger partial charge in [-0.2, -0.15) is 0 Å². The molecule has 0 radical (unpaired) electrons. The van der Waals surface area contributed by atoms with Gasteiger partial charge in [0.1, 0.15) is 0 Å². The summed E-state index contributed by atoms with van der Waals surface area (Å²) in [6, 6.07) is -0.324. The van der Waals surface area contributed by atoms with Crippen molar-refractivity contribution in [2.75, 3.05) is 6.61 Å². The highest BCUT2D eigenvalue weighted by molar-refractivity contribution is 5.77. The van der Waals surface area contributed by atoms with Crippen molar-refractivity contribution in [3.8, 4) is 0 Å². The lowest BCUT2D eigenvalue weighted by Crippen LogP contribution is -2.44. The minimum Gasteiger partial charge on any atom is -0.394 e. The first-order chi connectivity index (χ1) is 7.66. The lowest BCUT2D eigenvalue weighted by Gasteiger charge is -2.27. The summed E-state index contributed by atoms with van der Waals surface area (Å²) in [4.78, 5) is 11.7. The van der Waals surface area contributed by atoms with Crippen LogP contribution in [-0.2, 0) is 4.79 Å². The summed E-state index contributed by atoms with van der Waals surface area (Å²) < 4.78 is 0. The van der Waals surface area contributed by atoms with Gasteiger partial charge in [0.15, 0.2) is 0 Å². The monoisotopic (exact) mass is 244 g/mol. The normalized spacial score (nSPS) is 15.8. The second kappa shape index (κ2) is 6.97. The first-order valence-electron chi connectivity index (χ1n) is 6.32. The van der Waals surface area contributed by atoms with Crippen molar-refractivity contribution in [1.82, 2.24) is 5.32 Å². The van der Waals surface area contributed by atoms with Crippen molar-refractivity contribution in [3.63, 3.8) is 0 Å². The predicted molar refractivity (Wildman–Crippen MR) is 70.5 cm³/mol. The lowest BCUT2D eigenvalue weighted by atomic mass is 9.85. The van der Waals surface area contributed by atoms with Crippen LogP contribution in [0.25, 0.3) is 0 Å². The molecular formula is C13H28N2O2. The van der Waals surface area contributed by atoms with Crippen molar-refractivity contribution in [1.29, 1.82) is 0 Å². The first kappa shape index (κ1) is 16.4. The zero-order valence-electron chi connectivity index (χ0n) is 11.8. The number of hydrogen-bond donors (Lipinski definition) is 3. The first-order valence-corrected chi connectivity index (χ1v) is 6.32. The molecule has 0 saturated carbocycles. The van der Waals surface area contributed by atoms with Crippen LogP contribution in [0.5, 0.6) is 0 Å². The summed E-state index contributed by atoms with van der Waals surface area (Å²) >= 11 is 0. The number of nitrogens with one attached hydrogen (secondary N) is 1. The van der Waals surface area contributed by atoms with E-state index in [9.17, 15) is 9.90 Å². The number of hydrogen-bond acceptors (Lipinski definition) is 3. The van der Waals surface area contributed by atoms with Crippen molar-refractivity contribution in [2.45, 2.75) is 59.5 Å². The summed E-state index contributed by atoms with van der Waals surface area (Å²) in [5.74, 6) is 0.371. The van der Waals surface area contributed by atoms with E-state index in [0.29, 0.717) is 12.3 Å². The standard InChI is InChI=1S/C13H28N2O2/c1-9(2)6-10(8-16)15-12(17)7-11(14)13(3,4)5/h9-11,16H,6-8,14H2,1-5H3,(H,15,17). The second-order valence-corrected chi connectivity index (χ2v) is 6.25. The van der Waals surface area contributed by atoms with Crippen LogP contribution >= 0.6 is 0 Å². The van der Waals surface area contributed by atoms with Gasteiger partial charge >= 0.3 is 0 Å². The van der Waals surface area contributed by atoms with Crippen molar-refractivity contribution in [2.24, 2.45) is 17.1 Å². The Morgan fingerprint density at radius 3 is 2.24 bits per heavy atom. The summed E-state index contributed by atoms with van der Waals surface area (Å²) in [5.41, 5.74) is 5.87. The van der Waals surface area contributed by atoms with Gasteiger partial charge in [0.25, 0.3) is 0 Å². The third-order valence-electron chi connectivity index (χ3n) is 2.86. The minimum atomic E-state index is -0.166. The molecule has 2 atom stereocenters. The summed E-state index contributed by atoms with van der Waals surface area (Å²) in [6.45, 7) is 10.2. The van der Waals surface area contributed by atoms with Gasteiger partial charge < -0.3 is 16.2 Å². The van der Waals surface area contributed by atoms with Crippen LogP contribution in [0.2, 0.25) is 0 Å². The molecule has 1 amide bonds. The molecule has 0 rings (SSSR count). The zero-order chi connectivity index (χ0) is 13.6. The molecule has 0 aromatic rings. The van der Waals surface area contributed by atoms with Crippen LogP contribution in [0, 0.1) is 11.3 Å². The smallest absolute Gasteiger partial charge is 0.221 e. The number of aliphatic hydroxyl groups excluding tert-OH is 1. The van der Waals surface area contributed by atoms with E-state index in [1.165, 1.54) is 0 Å². The van der Waals surface area contributed by atoms with Crippen LogP contribution in [0.15, 0.2) is 0 Å². The van der Waals surface area contributed by atoms with Gasteiger partial charge in [-0.3, -0.25) is 4.79 Å². The van der Waals surface area contributed by atoms with Gasteiger partial charge in [-0.15, -0.1) is 0 Å². The van der Waals surface area contributed by atoms with E-state index in [2.05, 4.69) is 19.2 Å². The van der Waals surface area contributed by atoms with E-state index in [-0.39, 0.29) is 30.0 Å². The number of amides is 1. The molecular weight excluding hydrogens is 216 g/mol. The summed E-state index contributed by atoms with van der Waals surface area (Å²) in [5, 5.41) is 12.0. The Balaban J connectivity index is 4.16. The third-order valence-corrected chi connectivity index (χ3v) is 2.86. The van der Waals surface area contributed by atoms with Crippen molar-refractivity contribution >= 4 is 5.91 Å². The van der Waals surface area contributed by atoms with E-state index < -0.39 is 0 Å². The molecule has 102 valence electrons. The average Bonchev–Trinajstić information content (AvgIpc) is 2.14. The van der Waals surface area contributed by atoms with Crippen LogP contribution in [0.4, 0.5) is 0 Å². The molecule has 0 bridgehead atoms. The van der Waals surface area contributed by atoms with E-state index in [0.717, 1.165) is 6.42 Å². The molecule has 4 N–H and O–H groups in total. The maximum Gasteiger partial charge on any atom is 0.221 e. The minimum absolute atomic E-state index is 0.0192. The van der Waals surface area contributed by atoms with Crippen LogP contribution in [0.1, 0.15) is 47.5 Å². The van der Waals surface area contributed by atoms with Gasteiger partial charge in [0.2, 0.25) is 5.91 Å². The maximum atomic E-state index is 11.7. The number of nitrogens with two attached hydrogens (primary N) is 1. The molecule has 0 aliphatic carbocycles. The summed E-state index contributed by atoms with van der Waals surface area (Å²) in [6.07, 6.45) is 1.09. The zero-order valence-corrected chi connectivity index (χ0v) is 11.8. The fourth-order valence-corrected chi connectivity index (χ4v) is 1.54. The predicted octanol–water partition coefficient (Wildman–Crippen LogP) is 1.27. The third kappa shape index (κ3) is 7.34. The topological polar surface area (TPSA) is 75.3 Å². The van der Waals surface area contributed by atoms with Gasteiger partial charge in [0.05, 0.1) is 12.6 Å². The molecule has 0 heterocycles. The van der Waals surface area contributed by atoms with Gasteiger partial charge in [-0.25, -0.2) is 0 Å². The highest BCUT2D eigenvalue weighted by Crippen LogP contribution is 2.19. The Hall–Kier alpha value is -0.610. The van der Waals surface area contributed by atoms with Crippen LogP contribution < -0.4 is 11.1 Å². The van der Waals surface area contributed by atoms with Crippen molar-refractivity contribution in [3.05, 3.63) is 0 Å². The molecule has 4 heteroatoms. The Bertz CT molecular complexity index is 234. The average molecular weight is 244 g/mol. The number of rotatable bonds is 6. The van der Waals surface area contributed by atoms with E-state index >= 15 is 0 Å². The number of carbonyl (C=O) groups excluding carboxylic acids is 1. The van der Waals surface area contributed by atoms with Crippen LogP contribution in [-0.4, -0.2) is 29.7 Å². The Morgan fingerprint density at radius 1 is 1.35 bits per heavy atom. The molecule has 17 heavy (non-hydrogen) atoms. The Morgan fingerprint density at radius 2 is 1.88 bits per heavy atom. The fourth-order valence-electron chi connectivity index (χ4n) is 1.54. The van der Waals surface area contributed by atoms with E-state index in [1.807, 2.05) is 20.8 Å². The highest BCUT2D eigenvalue weighted by Gasteiger charge is 2.24. The number of carbonyl (C=O) groups is 1. The van der Waals surface area contributed by atoms with E-state index in [4.69, 9.17) is 5.73 Å². The highest BCUT2D eigenvalue weighted by atomic mass is 16.3. The molecule has 4 nitrogen and oxygen atoms in total. The van der Waals surface area contributed by atoms with Crippen molar-refractivity contribution < 1.29 is 9.90 Å². The van der Waals surface area contributed by atoms with Gasteiger partial charge in [-0.05, 0) is 17.8 Å². The molecule has 0 aliphatic rings. The molecule has 0 aromatic carbocycles. The number of aliphatic hydroxyl groups is 1. The van der Waals surface area contributed by atoms with E-state index in [1.54, 1.807) is 0 Å². The van der Waals surface area contributed by atoms with Gasteiger partial charge in [-0.1, -0.05) is 34.6 Å². The summed E-state index contributed by atoms with van der Waals surface area (Å²) in [7, 11) is 0. The fraction of sp³-hybridized carbons (Fsp3) is 0.923. The molecule has 2 unspecified atom stereocenters.